The van der Waals surface area contributed by atoms with Gasteiger partial charge in [-0.15, -0.1) is 0 Å². The summed E-state index contributed by atoms with van der Waals surface area (Å²) in [6.07, 6.45) is 5.29. The lowest BCUT2D eigenvalue weighted by molar-refractivity contribution is 0.246. The molecule has 0 aliphatic carbocycles. The number of benzene rings is 1. The molecule has 2 aliphatic heterocycles. The molecule has 4 rings (SSSR count). The Labute approximate surface area is 178 Å². The Hall–Kier alpha value is -2.87. The highest BCUT2D eigenvalue weighted by Gasteiger charge is 2.23. The zero-order valence-corrected chi connectivity index (χ0v) is 17.6. The largest absolute Gasteiger partial charge is 0.367 e. The van der Waals surface area contributed by atoms with E-state index < -0.39 is 0 Å². The number of urea groups is 1. The number of likely N-dealkylation sites (N-methyl/N-ethyl adjacent to an activating group) is 1. The average molecular weight is 410 g/mol. The fourth-order valence-corrected chi connectivity index (χ4v) is 4.18. The third kappa shape index (κ3) is 4.99. The van der Waals surface area contributed by atoms with Gasteiger partial charge in [-0.1, -0.05) is 19.1 Å². The molecular weight excluding hydrogens is 378 g/mol. The number of anilines is 3. The quantitative estimate of drug-likeness (QED) is 0.790. The lowest BCUT2D eigenvalue weighted by atomic mass is 10.1. The molecule has 1 aromatic heterocycles. The van der Waals surface area contributed by atoms with Crippen molar-refractivity contribution in [3.63, 3.8) is 0 Å². The Morgan fingerprint density at radius 2 is 1.67 bits per heavy atom. The summed E-state index contributed by atoms with van der Waals surface area (Å²) in [5, 5.41) is 6.22. The fourth-order valence-electron chi connectivity index (χ4n) is 4.18. The van der Waals surface area contributed by atoms with E-state index in [-0.39, 0.29) is 12.1 Å². The molecule has 0 saturated carbocycles. The number of rotatable bonds is 5. The lowest BCUT2D eigenvalue weighted by Gasteiger charge is -2.36. The summed E-state index contributed by atoms with van der Waals surface area (Å²) >= 11 is 0. The van der Waals surface area contributed by atoms with E-state index in [4.69, 9.17) is 0 Å². The molecule has 3 heterocycles. The van der Waals surface area contributed by atoms with Crippen LogP contribution in [0.15, 0.2) is 42.7 Å². The van der Waals surface area contributed by atoms with Crippen LogP contribution in [0.5, 0.6) is 0 Å². The van der Waals surface area contributed by atoms with Gasteiger partial charge < -0.3 is 25.3 Å². The van der Waals surface area contributed by atoms with Crippen molar-refractivity contribution in [3.05, 3.63) is 42.7 Å². The predicted octanol–water partition coefficient (Wildman–Crippen LogP) is 2.41. The summed E-state index contributed by atoms with van der Waals surface area (Å²) < 4.78 is 0. The zero-order valence-electron chi connectivity index (χ0n) is 17.6. The lowest BCUT2D eigenvalue weighted by Crippen LogP contribution is -2.47. The molecule has 2 aliphatic rings. The van der Waals surface area contributed by atoms with Gasteiger partial charge in [0.1, 0.15) is 0 Å². The molecule has 2 saturated heterocycles. The molecule has 160 valence electrons. The van der Waals surface area contributed by atoms with Crippen molar-refractivity contribution in [1.82, 2.24) is 20.2 Å². The Balaban J connectivity index is 1.30. The van der Waals surface area contributed by atoms with Crippen LogP contribution < -0.4 is 20.4 Å². The molecule has 0 unspecified atom stereocenters. The molecule has 1 aromatic carbocycles. The van der Waals surface area contributed by atoms with E-state index in [1.807, 2.05) is 24.3 Å². The Morgan fingerprint density at radius 1 is 0.967 bits per heavy atom. The molecule has 0 spiro atoms. The molecular formula is C22H31N7O. The number of hydrogen-bond donors (Lipinski definition) is 2. The van der Waals surface area contributed by atoms with Crippen molar-refractivity contribution in [3.8, 4) is 0 Å². The summed E-state index contributed by atoms with van der Waals surface area (Å²) in [5.41, 5.74) is 1.97. The highest BCUT2D eigenvalue weighted by molar-refractivity contribution is 5.93. The van der Waals surface area contributed by atoms with Crippen molar-refractivity contribution in [2.75, 3.05) is 60.9 Å². The van der Waals surface area contributed by atoms with Gasteiger partial charge in [-0.2, -0.15) is 0 Å². The molecule has 0 atom stereocenters. The van der Waals surface area contributed by atoms with Crippen LogP contribution in [0, 0.1) is 0 Å². The molecule has 30 heavy (non-hydrogen) atoms. The summed E-state index contributed by atoms with van der Waals surface area (Å²) in [4.78, 5) is 28.3. The maximum absolute atomic E-state index is 12.7. The van der Waals surface area contributed by atoms with Gasteiger partial charge in [-0.25, -0.2) is 14.8 Å². The van der Waals surface area contributed by atoms with Crippen LogP contribution in [0.1, 0.15) is 19.8 Å². The standard InChI is InChI=1S/C22H31N7O/c1-2-27-14-16-28(17-15-27)20-7-4-3-6-19(20)26-22(30)25-18-8-12-29(13-9-18)21-23-10-5-11-24-21/h3-7,10-11,18H,2,8-9,12-17H2,1H3,(H2,25,26,30). The molecule has 8 nitrogen and oxygen atoms in total. The first-order chi connectivity index (χ1) is 14.7. The number of aromatic nitrogens is 2. The smallest absolute Gasteiger partial charge is 0.319 e. The van der Waals surface area contributed by atoms with E-state index in [1.54, 1.807) is 12.4 Å². The third-order valence-electron chi connectivity index (χ3n) is 5.98. The number of para-hydroxylation sites is 2. The number of piperazine rings is 1. The minimum Gasteiger partial charge on any atom is -0.367 e. The Bertz CT molecular complexity index is 815. The second-order valence-corrected chi connectivity index (χ2v) is 7.85. The third-order valence-corrected chi connectivity index (χ3v) is 5.98. The van der Waals surface area contributed by atoms with Gasteiger partial charge in [0.15, 0.2) is 0 Å². The van der Waals surface area contributed by atoms with Crippen LogP contribution >= 0.6 is 0 Å². The van der Waals surface area contributed by atoms with Crippen molar-refractivity contribution >= 4 is 23.4 Å². The van der Waals surface area contributed by atoms with E-state index >= 15 is 0 Å². The SMILES string of the molecule is CCN1CCN(c2ccccc2NC(=O)NC2CCN(c3ncccn3)CC2)CC1. The number of amides is 2. The molecule has 8 heteroatoms. The molecule has 2 N–H and O–H groups in total. The van der Waals surface area contributed by atoms with E-state index in [2.05, 4.69) is 48.3 Å². The van der Waals surface area contributed by atoms with Crippen LogP contribution in [0.4, 0.5) is 22.1 Å². The van der Waals surface area contributed by atoms with Gasteiger partial charge in [0.05, 0.1) is 11.4 Å². The van der Waals surface area contributed by atoms with E-state index in [0.717, 1.165) is 76.0 Å². The predicted molar refractivity (Wildman–Crippen MR) is 120 cm³/mol. The van der Waals surface area contributed by atoms with Crippen LogP contribution in [-0.4, -0.2) is 72.8 Å². The van der Waals surface area contributed by atoms with Crippen molar-refractivity contribution in [2.24, 2.45) is 0 Å². The number of nitrogens with one attached hydrogen (secondary N) is 2. The van der Waals surface area contributed by atoms with Crippen molar-refractivity contribution < 1.29 is 4.79 Å². The average Bonchev–Trinajstić information content (AvgIpc) is 2.80. The summed E-state index contributed by atoms with van der Waals surface area (Å²) in [5.74, 6) is 0.762. The first kappa shape index (κ1) is 20.4. The van der Waals surface area contributed by atoms with Crippen molar-refractivity contribution in [2.45, 2.75) is 25.8 Å². The van der Waals surface area contributed by atoms with Gasteiger partial charge in [-0.05, 0) is 37.6 Å². The van der Waals surface area contributed by atoms with E-state index in [0.29, 0.717) is 0 Å². The molecule has 2 fully saturated rings. The van der Waals surface area contributed by atoms with E-state index in [1.165, 1.54) is 0 Å². The topological polar surface area (TPSA) is 76.6 Å². The second-order valence-electron chi connectivity index (χ2n) is 7.85. The number of carbonyl (C=O) groups excluding carboxylic acids is 1. The fraction of sp³-hybridized carbons (Fsp3) is 0.500. The summed E-state index contributed by atoms with van der Waals surface area (Å²) in [6, 6.07) is 9.93. The first-order valence-electron chi connectivity index (χ1n) is 10.9. The minimum absolute atomic E-state index is 0.135. The summed E-state index contributed by atoms with van der Waals surface area (Å²) in [7, 11) is 0. The Morgan fingerprint density at radius 3 is 2.37 bits per heavy atom. The molecule has 2 aromatic rings. The Kier molecular flexibility index (Phi) is 6.63. The monoisotopic (exact) mass is 409 g/mol. The van der Waals surface area contributed by atoms with Crippen LogP contribution in [0.3, 0.4) is 0 Å². The maximum atomic E-state index is 12.7. The first-order valence-corrected chi connectivity index (χ1v) is 10.9. The van der Waals surface area contributed by atoms with Gasteiger partial charge in [0.2, 0.25) is 5.95 Å². The van der Waals surface area contributed by atoms with Gasteiger partial charge >= 0.3 is 6.03 Å². The normalized spacial score (nSPS) is 18.3. The number of piperidine rings is 1. The zero-order chi connectivity index (χ0) is 20.8. The van der Waals surface area contributed by atoms with Crippen molar-refractivity contribution in [1.29, 1.82) is 0 Å². The van der Waals surface area contributed by atoms with Crippen LogP contribution in [0.25, 0.3) is 0 Å². The van der Waals surface area contributed by atoms with Crippen LogP contribution in [-0.2, 0) is 0 Å². The molecule has 2 amide bonds. The van der Waals surface area contributed by atoms with Gasteiger partial charge in [0, 0.05) is 57.7 Å². The number of carbonyl (C=O) groups is 1. The molecule has 0 radical (unpaired) electrons. The molecule has 0 bridgehead atoms. The highest BCUT2D eigenvalue weighted by atomic mass is 16.2. The second kappa shape index (κ2) is 9.75. The van der Waals surface area contributed by atoms with E-state index in [9.17, 15) is 4.79 Å². The van der Waals surface area contributed by atoms with Gasteiger partial charge in [-0.3, -0.25) is 0 Å². The number of hydrogen-bond acceptors (Lipinski definition) is 6. The van der Waals surface area contributed by atoms with Crippen LogP contribution in [0.2, 0.25) is 0 Å². The highest BCUT2D eigenvalue weighted by Crippen LogP contribution is 2.26. The number of nitrogens with zero attached hydrogens (tertiary/aromatic N) is 5. The minimum atomic E-state index is -0.135. The van der Waals surface area contributed by atoms with Gasteiger partial charge in [0.25, 0.3) is 0 Å². The summed E-state index contributed by atoms with van der Waals surface area (Å²) in [6.45, 7) is 9.04. The maximum Gasteiger partial charge on any atom is 0.319 e.